The van der Waals surface area contributed by atoms with Crippen molar-refractivity contribution in [2.45, 2.75) is 13.0 Å². The molecule has 94 valence electrons. The summed E-state index contributed by atoms with van der Waals surface area (Å²) in [4.78, 5) is 15.5. The lowest BCUT2D eigenvalue weighted by Crippen LogP contribution is -2.37. The maximum Gasteiger partial charge on any atom is 0.270 e. The van der Waals surface area contributed by atoms with Gasteiger partial charge in [0.05, 0.1) is 5.75 Å². The molecule has 1 atom stereocenters. The van der Waals surface area contributed by atoms with E-state index in [1.165, 1.54) is 12.3 Å². The first-order valence-electron chi connectivity index (χ1n) is 4.88. The van der Waals surface area contributed by atoms with Gasteiger partial charge in [0.25, 0.3) is 5.91 Å². The van der Waals surface area contributed by atoms with Crippen molar-refractivity contribution in [2.24, 2.45) is 0 Å². The summed E-state index contributed by atoms with van der Waals surface area (Å²) in [5, 5.41) is 2.94. The van der Waals surface area contributed by atoms with E-state index in [1.807, 2.05) is 0 Å². The summed E-state index contributed by atoms with van der Waals surface area (Å²) < 4.78 is 22.1. The van der Waals surface area contributed by atoms with Gasteiger partial charge >= 0.3 is 0 Å². The van der Waals surface area contributed by atoms with Gasteiger partial charge in [-0.05, 0) is 19.1 Å². The summed E-state index contributed by atoms with van der Waals surface area (Å²) in [5.74, 6) is -0.553. The van der Waals surface area contributed by atoms with Crippen LogP contribution < -0.4 is 5.32 Å². The summed E-state index contributed by atoms with van der Waals surface area (Å²) in [6.45, 7) is 1.61. The van der Waals surface area contributed by atoms with Gasteiger partial charge in [-0.25, -0.2) is 8.42 Å². The molecule has 1 N–H and O–H groups in total. The Morgan fingerprint density at radius 2 is 2.24 bits per heavy atom. The number of rotatable bonds is 4. The number of carbonyl (C=O) groups is 1. The number of pyridine rings is 1. The molecule has 0 bridgehead atoms. The van der Waals surface area contributed by atoms with Crippen molar-refractivity contribution in [3.63, 3.8) is 0 Å². The molecule has 1 heterocycles. The molecule has 0 saturated carbocycles. The summed E-state index contributed by atoms with van der Waals surface area (Å²) in [6.07, 6.45) is 2.53. The number of aromatic nitrogens is 1. The monoisotopic (exact) mass is 276 g/mol. The first-order chi connectivity index (χ1) is 7.78. The van der Waals surface area contributed by atoms with Crippen LogP contribution in [0.2, 0.25) is 5.02 Å². The predicted molar refractivity (Wildman–Crippen MR) is 65.9 cm³/mol. The van der Waals surface area contributed by atoms with Crippen LogP contribution in [-0.2, 0) is 9.84 Å². The zero-order chi connectivity index (χ0) is 13.1. The Hall–Kier alpha value is -1.14. The molecule has 1 unspecified atom stereocenters. The van der Waals surface area contributed by atoms with E-state index in [2.05, 4.69) is 10.3 Å². The molecule has 0 aliphatic heterocycles. The summed E-state index contributed by atoms with van der Waals surface area (Å²) in [5.41, 5.74) is 0.165. The van der Waals surface area contributed by atoms with Crippen LogP contribution >= 0.6 is 11.6 Å². The third-order valence-electron chi connectivity index (χ3n) is 1.88. The van der Waals surface area contributed by atoms with Gasteiger partial charge in [0.15, 0.2) is 0 Å². The molecule has 0 aliphatic carbocycles. The smallest absolute Gasteiger partial charge is 0.270 e. The molecular formula is C10H13ClN2O3S. The Kier molecular flexibility index (Phi) is 4.47. The highest BCUT2D eigenvalue weighted by Gasteiger charge is 2.15. The van der Waals surface area contributed by atoms with Crippen LogP contribution in [0.4, 0.5) is 0 Å². The third kappa shape index (κ3) is 5.14. The number of sulfone groups is 1. The standard InChI is InChI=1S/C10H13ClN2O3S/c1-7(6-17(2,15)16)13-10(14)9-5-8(11)3-4-12-9/h3-5,7H,6H2,1-2H3,(H,13,14). The van der Waals surface area contributed by atoms with E-state index < -0.39 is 21.8 Å². The average Bonchev–Trinajstić information content (AvgIpc) is 2.14. The normalized spacial score (nSPS) is 13.1. The molecule has 0 aliphatic rings. The highest BCUT2D eigenvalue weighted by Crippen LogP contribution is 2.08. The van der Waals surface area contributed by atoms with Gasteiger partial charge in [-0.2, -0.15) is 0 Å². The van der Waals surface area contributed by atoms with E-state index in [9.17, 15) is 13.2 Å². The first kappa shape index (κ1) is 13.9. The fourth-order valence-electron chi connectivity index (χ4n) is 1.32. The van der Waals surface area contributed by atoms with E-state index in [0.29, 0.717) is 5.02 Å². The molecule has 7 heteroatoms. The molecule has 0 aromatic carbocycles. The van der Waals surface area contributed by atoms with Gasteiger partial charge in [-0.3, -0.25) is 9.78 Å². The van der Waals surface area contributed by atoms with Crippen molar-refractivity contribution < 1.29 is 13.2 Å². The summed E-state index contributed by atoms with van der Waals surface area (Å²) in [6, 6.07) is 2.50. The van der Waals surface area contributed by atoms with Crippen LogP contribution in [0.5, 0.6) is 0 Å². The number of hydrogen-bond acceptors (Lipinski definition) is 4. The van der Waals surface area contributed by atoms with Crippen molar-refractivity contribution in [3.05, 3.63) is 29.0 Å². The molecule has 5 nitrogen and oxygen atoms in total. The highest BCUT2D eigenvalue weighted by molar-refractivity contribution is 7.90. The van der Waals surface area contributed by atoms with Gasteiger partial charge in [0.2, 0.25) is 0 Å². The second kappa shape index (κ2) is 5.46. The Morgan fingerprint density at radius 3 is 2.76 bits per heavy atom. The van der Waals surface area contributed by atoms with Crippen LogP contribution in [0.15, 0.2) is 18.3 Å². The van der Waals surface area contributed by atoms with Crippen LogP contribution in [0.25, 0.3) is 0 Å². The Morgan fingerprint density at radius 1 is 1.59 bits per heavy atom. The van der Waals surface area contributed by atoms with Crippen molar-refractivity contribution in [2.75, 3.05) is 12.0 Å². The van der Waals surface area contributed by atoms with E-state index in [0.717, 1.165) is 6.26 Å². The lowest BCUT2D eigenvalue weighted by molar-refractivity contribution is 0.0938. The van der Waals surface area contributed by atoms with Gasteiger partial charge in [0.1, 0.15) is 15.5 Å². The van der Waals surface area contributed by atoms with E-state index in [1.54, 1.807) is 13.0 Å². The molecule has 0 saturated heterocycles. The van der Waals surface area contributed by atoms with Crippen LogP contribution in [0.1, 0.15) is 17.4 Å². The fraction of sp³-hybridized carbons (Fsp3) is 0.400. The van der Waals surface area contributed by atoms with Gasteiger partial charge in [-0.15, -0.1) is 0 Å². The first-order valence-corrected chi connectivity index (χ1v) is 7.32. The Bertz CT molecular complexity index is 516. The van der Waals surface area contributed by atoms with Crippen LogP contribution in [-0.4, -0.2) is 37.4 Å². The maximum atomic E-state index is 11.7. The fourth-order valence-corrected chi connectivity index (χ4v) is 2.47. The molecule has 0 spiro atoms. The molecule has 0 radical (unpaired) electrons. The van der Waals surface area contributed by atoms with Gasteiger partial charge < -0.3 is 5.32 Å². The SMILES string of the molecule is CC(CS(C)(=O)=O)NC(=O)c1cc(Cl)ccn1. The lowest BCUT2D eigenvalue weighted by atomic mass is 10.3. The topological polar surface area (TPSA) is 76.1 Å². The van der Waals surface area contributed by atoms with Crippen molar-refractivity contribution in [1.29, 1.82) is 0 Å². The number of nitrogens with one attached hydrogen (secondary N) is 1. The minimum absolute atomic E-state index is 0.112. The molecule has 17 heavy (non-hydrogen) atoms. The number of halogens is 1. The zero-order valence-corrected chi connectivity index (χ0v) is 11.0. The van der Waals surface area contributed by atoms with Crippen molar-refractivity contribution in [1.82, 2.24) is 10.3 Å². The molecule has 1 aromatic rings. The zero-order valence-electron chi connectivity index (χ0n) is 9.47. The Balaban J connectivity index is 2.67. The van der Waals surface area contributed by atoms with E-state index in [4.69, 9.17) is 11.6 Å². The number of nitrogens with zero attached hydrogens (tertiary/aromatic N) is 1. The lowest BCUT2D eigenvalue weighted by Gasteiger charge is -2.12. The van der Waals surface area contributed by atoms with Gasteiger partial charge in [0, 0.05) is 23.5 Å². The minimum Gasteiger partial charge on any atom is -0.347 e. The maximum absolute atomic E-state index is 11.7. The summed E-state index contributed by atoms with van der Waals surface area (Å²) in [7, 11) is -3.12. The molecule has 1 rings (SSSR count). The number of carbonyl (C=O) groups excluding carboxylic acids is 1. The number of hydrogen-bond donors (Lipinski definition) is 1. The quantitative estimate of drug-likeness (QED) is 0.886. The number of amides is 1. The average molecular weight is 277 g/mol. The predicted octanol–water partition coefficient (Wildman–Crippen LogP) is 0.898. The van der Waals surface area contributed by atoms with Crippen LogP contribution in [0, 0.1) is 0 Å². The molecule has 1 aromatic heterocycles. The van der Waals surface area contributed by atoms with Crippen molar-refractivity contribution >= 4 is 27.3 Å². The van der Waals surface area contributed by atoms with Gasteiger partial charge in [-0.1, -0.05) is 11.6 Å². The Labute approximate surface area is 105 Å². The van der Waals surface area contributed by atoms with Crippen LogP contribution in [0.3, 0.4) is 0 Å². The van der Waals surface area contributed by atoms with E-state index >= 15 is 0 Å². The molecular weight excluding hydrogens is 264 g/mol. The molecule has 0 fully saturated rings. The second-order valence-electron chi connectivity index (χ2n) is 3.83. The second-order valence-corrected chi connectivity index (χ2v) is 6.45. The summed E-state index contributed by atoms with van der Waals surface area (Å²) >= 11 is 5.72. The minimum atomic E-state index is -3.12. The highest BCUT2D eigenvalue weighted by atomic mass is 35.5. The largest absolute Gasteiger partial charge is 0.347 e. The third-order valence-corrected chi connectivity index (χ3v) is 3.23. The molecule has 1 amide bonds. The van der Waals surface area contributed by atoms with E-state index in [-0.39, 0.29) is 11.4 Å². The van der Waals surface area contributed by atoms with Crippen molar-refractivity contribution in [3.8, 4) is 0 Å².